The first-order valence-corrected chi connectivity index (χ1v) is 7.38. The molecule has 0 aromatic heterocycles. The van der Waals surface area contributed by atoms with Gasteiger partial charge in [0.2, 0.25) is 0 Å². The van der Waals surface area contributed by atoms with E-state index >= 15 is 0 Å². The summed E-state index contributed by atoms with van der Waals surface area (Å²) in [7, 11) is 0. The van der Waals surface area contributed by atoms with Crippen LogP contribution in [0.3, 0.4) is 0 Å². The molecule has 2 rings (SSSR count). The molecule has 4 heteroatoms. The molecule has 0 aliphatic heterocycles. The van der Waals surface area contributed by atoms with E-state index in [1.807, 2.05) is 26.0 Å². The summed E-state index contributed by atoms with van der Waals surface area (Å²) < 4.78 is 0.894. The lowest BCUT2D eigenvalue weighted by Crippen LogP contribution is -2.33. The summed E-state index contributed by atoms with van der Waals surface area (Å²) in [6.45, 7) is 3.83. The van der Waals surface area contributed by atoms with Crippen LogP contribution in [0.1, 0.15) is 32.3 Å². The number of carbonyl (C=O) groups excluding carboxylic acids is 1. The molecule has 0 bridgehead atoms. The Bertz CT molecular complexity index is 576. The highest BCUT2D eigenvalue weighted by molar-refractivity contribution is 9.10. The molecule has 0 amide bonds. The largest absolute Gasteiger partial charge is 0.297 e. The minimum Gasteiger partial charge on any atom is -0.297 e. The van der Waals surface area contributed by atoms with Gasteiger partial charge in [-0.05, 0) is 37.0 Å². The molecule has 0 heterocycles. The molecule has 1 aliphatic rings. The van der Waals surface area contributed by atoms with Gasteiger partial charge in [0, 0.05) is 14.9 Å². The summed E-state index contributed by atoms with van der Waals surface area (Å²) in [6, 6.07) is 7.82. The van der Waals surface area contributed by atoms with E-state index in [2.05, 4.69) is 22.0 Å². The van der Waals surface area contributed by atoms with Gasteiger partial charge in [-0.2, -0.15) is 5.26 Å². The summed E-state index contributed by atoms with van der Waals surface area (Å²) >= 11 is 9.55. The predicted molar refractivity (Wildman–Crippen MR) is 78.9 cm³/mol. The van der Waals surface area contributed by atoms with Crippen LogP contribution in [-0.2, 0) is 11.2 Å². The van der Waals surface area contributed by atoms with E-state index < -0.39 is 10.8 Å². The fourth-order valence-electron chi connectivity index (χ4n) is 2.71. The lowest BCUT2D eigenvalue weighted by molar-refractivity contribution is -0.130. The number of rotatable bonds is 2. The van der Waals surface area contributed by atoms with Crippen molar-refractivity contribution >= 4 is 33.3 Å². The maximum Gasteiger partial charge on any atom is 0.158 e. The number of benzene rings is 1. The van der Waals surface area contributed by atoms with Gasteiger partial charge in [0.05, 0.1) is 6.07 Å². The Hall–Kier alpha value is -0.850. The van der Waals surface area contributed by atoms with Crippen LogP contribution in [0.5, 0.6) is 0 Å². The van der Waals surface area contributed by atoms with Crippen LogP contribution in [0.4, 0.5) is 0 Å². The van der Waals surface area contributed by atoms with Crippen molar-refractivity contribution in [3.05, 3.63) is 33.3 Å². The van der Waals surface area contributed by atoms with Gasteiger partial charge in [-0.25, -0.2) is 0 Å². The molecule has 1 atom stereocenters. The highest BCUT2D eigenvalue weighted by Crippen LogP contribution is 2.47. The topological polar surface area (TPSA) is 40.9 Å². The van der Waals surface area contributed by atoms with Crippen LogP contribution in [0.2, 0.25) is 5.02 Å². The number of halogens is 2. The average Bonchev–Trinajstić information content (AvgIpc) is 2.57. The van der Waals surface area contributed by atoms with E-state index in [-0.39, 0.29) is 5.78 Å². The van der Waals surface area contributed by atoms with Crippen molar-refractivity contribution in [3.8, 4) is 6.07 Å². The number of nitrogens with zero attached hydrogens (tertiary/aromatic N) is 1. The summed E-state index contributed by atoms with van der Waals surface area (Å²) in [4.78, 5) is 12.5. The van der Waals surface area contributed by atoms with Gasteiger partial charge in [0.15, 0.2) is 5.78 Å². The number of ketones is 1. The fraction of sp³-hybridized carbons (Fsp3) is 0.467. The summed E-state index contributed by atoms with van der Waals surface area (Å²) in [6.07, 6.45) is 1.77. The van der Waals surface area contributed by atoms with Gasteiger partial charge < -0.3 is 0 Å². The molecule has 1 aromatic carbocycles. The van der Waals surface area contributed by atoms with E-state index in [1.54, 1.807) is 6.07 Å². The molecule has 1 aliphatic carbocycles. The summed E-state index contributed by atoms with van der Waals surface area (Å²) in [5, 5.41) is 10.1. The van der Waals surface area contributed by atoms with Crippen molar-refractivity contribution in [1.82, 2.24) is 0 Å². The first kappa shape index (κ1) is 14.6. The number of nitriles is 1. The molecular weight excluding hydrogens is 326 g/mol. The minimum absolute atomic E-state index is 0.0430. The monoisotopic (exact) mass is 339 g/mol. The third kappa shape index (κ3) is 2.57. The average molecular weight is 341 g/mol. The zero-order valence-corrected chi connectivity index (χ0v) is 13.3. The van der Waals surface area contributed by atoms with Crippen molar-refractivity contribution in [2.24, 2.45) is 10.8 Å². The second kappa shape index (κ2) is 4.92. The SMILES string of the molecule is CC1(C)CCC(C#N)(Cc2ccc(Br)cc2Cl)C1=O. The maximum atomic E-state index is 12.5. The molecule has 0 saturated heterocycles. The third-order valence-electron chi connectivity index (χ3n) is 3.95. The van der Waals surface area contributed by atoms with Crippen LogP contribution in [0, 0.1) is 22.2 Å². The second-order valence-corrected chi connectivity index (χ2v) is 7.14. The van der Waals surface area contributed by atoms with Crippen LogP contribution in [0.15, 0.2) is 22.7 Å². The minimum atomic E-state index is -0.916. The van der Waals surface area contributed by atoms with Gasteiger partial charge in [0.1, 0.15) is 5.41 Å². The molecule has 2 nitrogen and oxygen atoms in total. The molecule has 1 aromatic rings. The van der Waals surface area contributed by atoms with Crippen LogP contribution in [0.25, 0.3) is 0 Å². The van der Waals surface area contributed by atoms with Gasteiger partial charge in [0.25, 0.3) is 0 Å². The zero-order valence-electron chi connectivity index (χ0n) is 11.0. The van der Waals surface area contributed by atoms with Crippen molar-refractivity contribution in [1.29, 1.82) is 5.26 Å². The Kier molecular flexibility index (Phi) is 3.77. The normalized spacial score (nSPS) is 25.3. The first-order chi connectivity index (χ1) is 8.81. The lowest BCUT2D eigenvalue weighted by atomic mass is 9.77. The zero-order chi connectivity index (χ0) is 14.3. The molecule has 19 heavy (non-hydrogen) atoms. The van der Waals surface area contributed by atoms with E-state index in [1.165, 1.54) is 0 Å². The Balaban J connectivity index is 2.36. The van der Waals surface area contributed by atoms with E-state index in [9.17, 15) is 10.1 Å². The van der Waals surface area contributed by atoms with Gasteiger partial charge in [-0.1, -0.05) is 47.4 Å². The molecule has 0 radical (unpaired) electrons. The molecule has 0 N–H and O–H groups in total. The van der Waals surface area contributed by atoms with Crippen molar-refractivity contribution in [3.63, 3.8) is 0 Å². The smallest absolute Gasteiger partial charge is 0.158 e. The quantitative estimate of drug-likeness (QED) is 0.793. The number of carbonyl (C=O) groups is 1. The number of hydrogen-bond donors (Lipinski definition) is 0. The lowest BCUT2D eigenvalue weighted by Gasteiger charge is -2.23. The van der Waals surface area contributed by atoms with Crippen molar-refractivity contribution in [2.75, 3.05) is 0 Å². The van der Waals surface area contributed by atoms with E-state index in [4.69, 9.17) is 11.6 Å². The van der Waals surface area contributed by atoms with Crippen molar-refractivity contribution < 1.29 is 4.79 Å². The Labute approximate surface area is 126 Å². The van der Waals surface area contributed by atoms with E-state index in [0.717, 1.165) is 16.5 Å². The third-order valence-corrected chi connectivity index (χ3v) is 4.79. The molecule has 100 valence electrons. The Morgan fingerprint density at radius 1 is 1.42 bits per heavy atom. The first-order valence-electron chi connectivity index (χ1n) is 6.21. The molecular formula is C15H15BrClNO. The molecule has 1 unspecified atom stereocenters. The van der Waals surface area contributed by atoms with Crippen LogP contribution >= 0.6 is 27.5 Å². The second-order valence-electron chi connectivity index (χ2n) is 5.82. The summed E-state index contributed by atoms with van der Waals surface area (Å²) in [5.74, 6) is 0.0430. The Morgan fingerprint density at radius 2 is 2.11 bits per heavy atom. The maximum absolute atomic E-state index is 12.5. The van der Waals surface area contributed by atoms with E-state index in [0.29, 0.717) is 17.9 Å². The van der Waals surface area contributed by atoms with Crippen LogP contribution < -0.4 is 0 Å². The van der Waals surface area contributed by atoms with Gasteiger partial charge >= 0.3 is 0 Å². The fourth-order valence-corrected chi connectivity index (χ4v) is 3.45. The summed E-state index contributed by atoms with van der Waals surface area (Å²) in [5.41, 5.74) is -0.462. The van der Waals surface area contributed by atoms with Gasteiger partial charge in [-0.3, -0.25) is 4.79 Å². The predicted octanol–water partition coefficient (Wildman–Crippen LogP) is 4.54. The molecule has 0 spiro atoms. The highest BCUT2D eigenvalue weighted by atomic mass is 79.9. The molecule has 1 fully saturated rings. The highest BCUT2D eigenvalue weighted by Gasteiger charge is 2.52. The number of hydrogen-bond acceptors (Lipinski definition) is 2. The molecule has 1 saturated carbocycles. The van der Waals surface area contributed by atoms with Gasteiger partial charge in [-0.15, -0.1) is 0 Å². The standard InChI is InChI=1S/C15H15BrClNO/c1-14(2)5-6-15(9-18,13(14)19)8-10-3-4-11(16)7-12(10)17/h3-4,7H,5-6,8H2,1-2H3. The number of Topliss-reactive ketones (excluding diaryl/α,β-unsaturated/α-hetero) is 1. The van der Waals surface area contributed by atoms with Crippen LogP contribution in [-0.4, -0.2) is 5.78 Å². The van der Waals surface area contributed by atoms with Crippen molar-refractivity contribution in [2.45, 2.75) is 33.1 Å². The Morgan fingerprint density at radius 3 is 2.58 bits per heavy atom.